The molecule has 25 heavy (non-hydrogen) atoms. The van der Waals surface area contributed by atoms with E-state index in [0.29, 0.717) is 22.3 Å². The van der Waals surface area contributed by atoms with Crippen LogP contribution in [0.15, 0.2) is 57.9 Å². The second-order valence-electron chi connectivity index (χ2n) is 5.45. The van der Waals surface area contributed by atoms with E-state index >= 15 is 0 Å². The van der Waals surface area contributed by atoms with E-state index in [0.717, 1.165) is 5.56 Å². The van der Waals surface area contributed by atoms with Gasteiger partial charge in [0.2, 0.25) is 21.7 Å². The first-order valence-electron chi connectivity index (χ1n) is 7.59. The first-order chi connectivity index (χ1) is 12.0. The molecule has 2 aromatic carbocycles. The lowest BCUT2D eigenvalue weighted by Crippen LogP contribution is -2.26. The number of hydrogen-bond donors (Lipinski definition) is 1. The minimum atomic E-state index is -3.56. The molecule has 0 bridgehead atoms. The Labute approximate surface area is 150 Å². The van der Waals surface area contributed by atoms with Crippen LogP contribution in [-0.2, 0) is 16.4 Å². The summed E-state index contributed by atoms with van der Waals surface area (Å²) in [6.07, 6.45) is 0.280. The van der Waals surface area contributed by atoms with Gasteiger partial charge in [-0.1, -0.05) is 46.6 Å². The van der Waals surface area contributed by atoms with Crippen molar-refractivity contribution in [3.8, 4) is 11.4 Å². The van der Waals surface area contributed by atoms with Gasteiger partial charge in [-0.05, 0) is 31.2 Å². The van der Waals surface area contributed by atoms with Crippen LogP contribution in [0.1, 0.15) is 11.5 Å². The average molecular weight is 378 g/mol. The highest BCUT2D eigenvalue weighted by atomic mass is 35.5. The summed E-state index contributed by atoms with van der Waals surface area (Å²) >= 11 is 6.10. The highest BCUT2D eigenvalue weighted by Gasteiger charge is 2.15. The number of halogens is 1. The van der Waals surface area contributed by atoms with Gasteiger partial charge in [0.1, 0.15) is 0 Å². The van der Waals surface area contributed by atoms with Crippen molar-refractivity contribution in [1.82, 2.24) is 14.9 Å². The monoisotopic (exact) mass is 377 g/mol. The Hall–Kier alpha value is -2.22. The molecule has 0 saturated heterocycles. The molecule has 8 heteroatoms. The van der Waals surface area contributed by atoms with Crippen LogP contribution in [-0.4, -0.2) is 25.1 Å². The van der Waals surface area contributed by atoms with Crippen LogP contribution in [0.3, 0.4) is 0 Å². The van der Waals surface area contributed by atoms with Crippen molar-refractivity contribution in [2.75, 3.05) is 6.54 Å². The maximum absolute atomic E-state index is 12.2. The highest BCUT2D eigenvalue weighted by molar-refractivity contribution is 7.89. The third kappa shape index (κ3) is 4.25. The minimum Gasteiger partial charge on any atom is -0.339 e. The quantitative estimate of drug-likeness (QED) is 0.712. The van der Waals surface area contributed by atoms with Crippen LogP contribution < -0.4 is 4.72 Å². The Morgan fingerprint density at radius 3 is 2.56 bits per heavy atom. The maximum Gasteiger partial charge on any atom is 0.240 e. The summed E-state index contributed by atoms with van der Waals surface area (Å²) in [4.78, 5) is 4.47. The van der Waals surface area contributed by atoms with Gasteiger partial charge in [0.25, 0.3) is 0 Å². The highest BCUT2D eigenvalue weighted by Crippen LogP contribution is 2.24. The number of sulfonamides is 1. The number of nitrogens with one attached hydrogen (secondary N) is 1. The van der Waals surface area contributed by atoms with E-state index in [-0.39, 0.29) is 17.9 Å². The predicted octanol–water partition coefficient (Wildman–Crippen LogP) is 3.22. The van der Waals surface area contributed by atoms with E-state index in [1.807, 2.05) is 19.1 Å². The van der Waals surface area contributed by atoms with Gasteiger partial charge in [0, 0.05) is 18.5 Å². The summed E-state index contributed by atoms with van der Waals surface area (Å²) in [7, 11) is -3.56. The van der Waals surface area contributed by atoms with Gasteiger partial charge in [-0.25, -0.2) is 13.1 Å². The molecule has 0 radical (unpaired) electrons. The molecule has 3 aromatic rings. The van der Waals surface area contributed by atoms with Crippen molar-refractivity contribution >= 4 is 21.6 Å². The summed E-state index contributed by atoms with van der Waals surface area (Å²) in [6.45, 7) is 2.05. The Kier molecular flexibility index (Phi) is 5.17. The standard InChI is InChI=1S/C17H16ClN3O3S/c1-12-6-8-13(9-7-12)25(22,23)19-11-10-16-20-17(21-24-16)14-4-2-3-5-15(14)18/h2-9,19H,10-11H2,1H3. The normalized spacial score (nSPS) is 11.6. The molecule has 1 N–H and O–H groups in total. The smallest absolute Gasteiger partial charge is 0.240 e. The van der Waals surface area contributed by atoms with Crippen molar-refractivity contribution < 1.29 is 12.9 Å². The molecule has 1 aromatic heterocycles. The van der Waals surface area contributed by atoms with Crippen molar-refractivity contribution in [3.63, 3.8) is 0 Å². The van der Waals surface area contributed by atoms with Gasteiger partial charge in [-0.2, -0.15) is 4.98 Å². The zero-order valence-corrected chi connectivity index (χ0v) is 15.0. The molecule has 0 aliphatic carbocycles. The first kappa shape index (κ1) is 17.6. The fraction of sp³-hybridized carbons (Fsp3) is 0.176. The summed E-state index contributed by atoms with van der Waals surface area (Å²) in [6, 6.07) is 13.8. The predicted molar refractivity (Wildman–Crippen MR) is 94.8 cm³/mol. The minimum absolute atomic E-state index is 0.153. The Morgan fingerprint density at radius 1 is 1.12 bits per heavy atom. The summed E-state index contributed by atoms with van der Waals surface area (Å²) < 4.78 is 32.1. The molecule has 0 spiro atoms. The van der Waals surface area contributed by atoms with Gasteiger partial charge in [0.15, 0.2) is 0 Å². The zero-order chi connectivity index (χ0) is 17.9. The lowest BCUT2D eigenvalue weighted by Gasteiger charge is -2.05. The van der Waals surface area contributed by atoms with Crippen LogP contribution in [0.2, 0.25) is 5.02 Å². The third-order valence-corrected chi connectivity index (χ3v) is 5.35. The second kappa shape index (κ2) is 7.35. The molecule has 0 amide bonds. The number of hydrogen-bond acceptors (Lipinski definition) is 5. The fourth-order valence-electron chi connectivity index (χ4n) is 2.20. The van der Waals surface area contributed by atoms with E-state index in [9.17, 15) is 8.42 Å². The molecule has 1 heterocycles. The van der Waals surface area contributed by atoms with Gasteiger partial charge >= 0.3 is 0 Å². The van der Waals surface area contributed by atoms with E-state index < -0.39 is 10.0 Å². The third-order valence-electron chi connectivity index (χ3n) is 3.55. The topological polar surface area (TPSA) is 85.1 Å². The molecular formula is C17H16ClN3O3S. The molecule has 0 aliphatic heterocycles. The van der Waals surface area contributed by atoms with Crippen molar-refractivity contribution in [2.24, 2.45) is 0 Å². The van der Waals surface area contributed by atoms with Gasteiger partial charge in [0.05, 0.1) is 9.92 Å². The molecule has 0 saturated carbocycles. The molecule has 0 unspecified atom stereocenters. The van der Waals surface area contributed by atoms with E-state index in [1.54, 1.807) is 36.4 Å². The average Bonchev–Trinajstić information content (AvgIpc) is 3.04. The largest absolute Gasteiger partial charge is 0.339 e. The molecule has 6 nitrogen and oxygen atoms in total. The molecule has 0 atom stereocenters. The van der Waals surface area contributed by atoms with Crippen LogP contribution in [0.25, 0.3) is 11.4 Å². The van der Waals surface area contributed by atoms with E-state index in [4.69, 9.17) is 16.1 Å². The molecular weight excluding hydrogens is 362 g/mol. The van der Waals surface area contributed by atoms with Crippen molar-refractivity contribution in [2.45, 2.75) is 18.2 Å². The van der Waals surface area contributed by atoms with Gasteiger partial charge in [-0.15, -0.1) is 0 Å². The summed E-state index contributed by atoms with van der Waals surface area (Å²) in [5.74, 6) is 0.712. The molecule has 130 valence electrons. The SMILES string of the molecule is Cc1ccc(S(=O)(=O)NCCc2nc(-c3ccccc3Cl)no2)cc1. The van der Waals surface area contributed by atoms with Crippen LogP contribution >= 0.6 is 11.6 Å². The van der Waals surface area contributed by atoms with E-state index in [2.05, 4.69) is 14.9 Å². The van der Waals surface area contributed by atoms with Crippen molar-refractivity contribution in [3.05, 3.63) is 65.0 Å². The number of aromatic nitrogens is 2. The number of aryl methyl sites for hydroxylation is 1. The number of rotatable bonds is 6. The first-order valence-corrected chi connectivity index (χ1v) is 9.46. The molecule has 3 rings (SSSR count). The Balaban J connectivity index is 1.63. The molecule has 0 aliphatic rings. The van der Waals surface area contributed by atoms with Gasteiger partial charge in [-0.3, -0.25) is 0 Å². The lowest BCUT2D eigenvalue weighted by molar-refractivity contribution is 0.379. The lowest BCUT2D eigenvalue weighted by atomic mass is 10.2. The zero-order valence-electron chi connectivity index (χ0n) is 13.4. The van der Waals surface area contributed by atoms with Crippen molar-refractivity contribution in [1.29, 1.82) is 0 Å². The second-order valence-corrected chi connectivity index (χ2v) is 7.63. The van der Waals surface area contributed by atoms with Crippen LogP contribution in [0.4, 0.5) is 0 Å². The van der Waals surface area contributed by atoms with E-state index in [1.165, 1.54) is 0 Å². The van der Waals surface area contributed by atoms with Crippen LogP contribution in [0, 0.1) is 6.92 Å². The molecule has 0 fully saturated rings. The maximum atomic E-state index is 12.2. The van der Waals surface area contributed by atoms with Gasteiger partial charge < -0.3 is 4.52 Å². The number of nitrogens with zero attached hydrogens (tertiary/aromatic N) is 2. The Morgan fingerprint density at radius 2 is 1.84 bits per heavy atom. The summed E-state index contributed by atoms with van der Waals surface area (Å²) in [5, 5.41) is 4.41. The summed E-state index contributed by atoms with van der Waals surface area (Å²) in [5.41, 5.74) is 1.66. The fourth-order valence-corrected chi connectivity index (χ4v) is 3.45. The Bertz CT molecular complexity index is 969. The number of benzene rings is 2. The van der Waals surface area contributed by atoms with Crippen LogP contribution in [0.5, 0.6) is 0 Å².